The van der Waals surface area contributed by atoms with E-state index in [4.69, 9.17) is 5.84 Å². The number of nitrogens with two attached hydrogens (primary N) is 1. The van der Waals surface area contributed by atoms with E-state index in [9.17, 15) is 31.1 Å². The Morgan fingerprint density at radius 1 is 1.05 bits per heavy atom. The predicted molar refractivity (Wildman–Crippen MR) is 57.6 cm³/mol. The number of nitrogens with zero attached hydrogens (tertiary/aromatic N) is 1. The minimum Gasteiger partial charge on any atom is -0.340 e. The van der Waals surface area contributed by atoms with E-state index in [0.29, 0.717) is 12.1 Å². The molecule has 20 heavy (non-hydrogen) atoms. The van der Waals surface area contributed by atoms with E-state index in [2.05, 4.69) is 0 Å². The molecule has 0 fully saturated rings. The van der Waals surface area contributed by atoms with Crippen LogP contribution in [0.3, 0.4) is 0 Å². The standard InChI is InChI=1S/C10H9F6N3O/c1-18-8(20)19(17)7-3-5(9(11,12)13)2-6(4-7)10(14,15)16/h2-4H,17H2,1H3,(H,18,20). The van der Waals surface area contributed by atoms with Crippen molar-refractivity contribution in [3.05, 3.63) is 29.3 Å². The molecule has 0 aromatic heterocycles. The lowest BCUT2D eigenvalue weighted by Gasteiger charge is -2.19. The molecule has 0 bridgehead atoms. The molecule has 0 heterocycles. The number of rotatable bonds is 1. The Balaban J connectivity index is 3.42. The third-order valence-electron chi connectivity index (χ3n) is 2.28. The van der Waals surface area contributed by atoms with Crippen molar-refractivity contribution in [1.29, 1.82) is 0 Å². The van der Waals surface area contributed by atoms with Gasteiger partial charge in [-0.25, -0.2) is 15.6 Å². The monoisotopic (exact) mass is 301 g/mol. The van der Waals surface area contributed by atoms with Gasteiger partial charge >= 0.3 is 18.4 Å². The number of hydrogen-bond acceptors (Lipinski definition) is 2. The summed E-state index contributed by atoms with van der Waals surface area (Å²) >= 11 is 0. The molecule has 1 aromatic carbocycles. The van der Waals surface area contributed by atoms with E-state index < -0.39 is 35.2 Å². The van der Waals surface area contributed by atoms with Crippen molar-refractivity contribution < 1.29 is 31.1 Å². The molecule has 2 amide bonds. The zero-order valence-electron chi connectivity index (χ0n) is 9.93. The minimum atomic E-state index is -5.00. The van der Waals surface area contributed by atoms with Crippen molar-refractivity contribution >= 4 is 11.7 Å². The maximum atomic E-state index is 12.6. The van der Waals surface area contributed by atoms with Gasteiger partial charge in [0.1, 0.15) is 0 Å². The Kier molecular flexibility index (Phi) is 4.18. The van der Waals surface area contributed by atoms with E-state index >= 15 is 0 Å². The molecule has 10 heteroatoms. The van der Waals surface area contributed by atoms with Crippen molar-refractivity contribution in [2.45, 2.75) is 12.4 Å². The van der Waals surface area contributed by atoms with Crippen LogP contribution in [0.1, 0.15) is 11.1 Å². The molecule has 0 aliphatic rings. The number of carbonyl (C=O) groups excluding carboxylic acids is 1. The summed E-state index contributed by atoms with van der Waals surface area (Å²) in [5.74, 6) is 5.16. The van der Waals surface area contributed by atoms with E-state index in [1.54, 1.807) is 0 Å². The summed E-state index contributed by atoms with van der Waals surface area (Å²) in [6, 6.07) is -0.409. The highest BCUT2D eigenvalue weighted by Gasteiger charge is 2.37. The van der Waals surface area contributed by atoms with Crippen LogP contribution in [0, 0.1) is 0 Å². The number of benzene rings is 1. The molecule has 0 aliphatic carbocycles. The zero-order valence-corrected chi connectivity index (χ0v) is 9.93. The van der Waals surface area contributed by atoms with E-state index in [-0.39, 0.29) is 11.1 Å². The molecular weight excluding hydrogens is 292 g/mol. The number of carbonyl (C=O) groups is 1. The number of alkyl halides is 6. The second-order valence-electron chi connectivity index (χ2n) is 3.69. The number of urea groups is 1. The number of anilines is 1. The Hall–Kier alpha value is -1.97. The van der Waals surface area contributed by atoms with Crippen molar-refractivity contribution in [2.24, 2.45) is 5.84 Å². The molecule has 1 rings (SSSR count). The van der Waals surface area contributed by atoms with Gasteiger partial charge in [0, 0.05) is 7.05 Å². The molecule has 0 aliphatic heterocycles. The third kappa shape index (κ3) is 3.53. The minimum absolute atomic E-state index is 0.0544. The van der Waals surface area contributed by atoms with Crippen molar-refractivity contribution in [3.8, 4) is 0 Å². The van der Waals surface area contributed by atoms with Crippen LogP contribution in [0.25, 0.3) is 0 Å². The topological polar surface area (TPSA) is 58.4 Å². The molecule has 3 N–H and O–H groups in total. The molecular formula is C10H9F6N3O. The summed E-state index contributed by atoms with van der Waals surface area (Å²) in [5, 5.41) is 2.14. The van der Waals surface area contributed by atoms with Crippen LogP contribution in [0.4, 0.5) is 36.8 Å². The Bertz CT molecular complexity index is 478. The summed E-state index contributed by atoms with van der Waals surface area (Å²) in [7, 11) is 1.13. The van der Waals surface area contributed by atoms with Gasteiger partial charge in [-0.2, -0.15) is 26.3 Å². The number of nitrogens with one attached hydrogen (secondary N) is 1. The predicted octanol–water partition coefficient (Wildman–Crippen LogP) is 2.74. The Labute approximate surface area is 109 Å². The molecule has 0 atom stereocenters. The molecule has 0 spiro atoms. The van der Waals surface area contributed by atoms with Crippen molar-refractivity contribution in [3.63, 3.8) is 0 Å². The highest BCUT2D eigenvalue weighted by atomic mass is 19.4. The average Bonchev–Trinajstić information content (AvgIpc) is 2.34. The van der Waals surface area contributed by atoms with Crippen LogP contribution >= 0.6 is 0 Å². The van der Waals surface area contributed by atoms with Gasteiger partial charge in [-0.1, -0.05) is 0 Å². The molecule has 0 saturated heterocycles. The number of hydrazine groups is 1. The van der Waals surface area contributed by atoms with Gasteiger partial charge in [-0.05, 0) is 18.2 Å². The van der Waals surface area contributed by atoms with Crippen molar-refractivity contribution in [1.82, 2.24) is 5.32 Å². The zero-order chi connectivity index (χ0) is 15.7. The first kappa shape index (κ1) is 16.1. The van der Waals surface area contributed by atoms with Crippen LogP contribution in [0.15, 0.2) is 18.2 Å². The third-order valence-corrected chi connectivity index (χ3v) is 2.28. The van der Waals surface area contributed by atoms with Gasteiger partial charge in [0.15, 0.2) is 0 Å². The molecule has 112 valence electrons. The van der Waals surface area contributed by atoms with Crippen LogP contribution in [0.2, 0.25) is 0 Å². The summed E-state index contributed by atoms with van der Waals surface area (Å²) in [6.45, 7) is 0. The fourth-order valence-corrected chi connectivity index (χ4v) is 1.32. The lowest BCUT2D eigenvalue weighted by atomic mass is 10.1. The second-order valence-corrected chi connectivity index (χ2v) is 3.69. The first-order valence-electron chi connectivity index (χ1n) is 5.03. The fraction of sp³-hybridized carbons (Fsp3) is 0.300. The first-order valence-corrected chi connectivity index (χ1v) is 5.03. The smallest absolute Gasteiger partial charge is 0.340 e. The summed E-state index contributed by atoms with van der Waals surface area (Å²) in [5.41, 5.74) is -3.84. The van der Waals surface area contributed by atoms with Crippen LogP contribution in [0.5, 0.6) is 0 Å². The van der Waals surface area contributed by atoms with E-state index in [0.717, 1.165) is 7.05 Å². The highest BCUT2D eigenvalue weighted by molar-refractivity contribution is 5.90. The highest BCUT2D eigenvalue weighted by Crippen LogP contribution is 2.37. The van der Waals surface area contributed by atoms with Crippen molar-refractivity contribution in [2.75, 3.05) is 12.1 Å². The van der Waals surface area contributed by atoms with Gasteiger partial charge in [0.25, 0.3) is 0 Å². The number of hydrogen-bond donors (Lipinski definition) is 2. The molecule has 1 aromatic rings. The number of halogens is 6. The summed E-state index contributed by atoms with van der Waals surface area (Å²) in [4.78, 5) is 11.2. The van der Waals surface area contributed by atoms with Crippen LogP contribution in [-0.4, -0.2) is 13.1 Å². The van der Waals surface area contributed by atoms with Gasteiger partial charge < -0.3 is 5.32 Å². The van der Waals surface area contributed by atoms with E-state index in [1.165, 1.54) is 0 Å². The second kappa shape index (κ2) is 5.19. The molecule has 0 saturated carbocycles. The number of amides is 2. The quantitative estimate of drug-likeness (QED) is 0.363. The van der Waals surface area contributed by atoms with Gasteiger partial charge in [-0.3, -0.25) is 0 Å². The Morgan fingerprint density at radius 2 is 1.45 bits per heavy atom. The lowest BCUT2D eigenvalue weighted by molar-refractivity contribution is -0.143. The molecule has 4 nitrogen and oxygen atoms in total. The summed E-state index contributed by atoms with van der Waals surface area (Å²) < 4.78 is 75.3. The first-order chi connectivity index (χ1) is 8.96. The maximum absolute atomic E-state index is 12.6. The van der Waals surface area contributed by atoms with Gasteiger partial charge in [-0.15, -0.1) is 0 Å². The van der Waals surface area contributed by atoms with Gasteiger partial charge in [0.05, 0.1) is 16.8 Å². The maximum Gasteiger partial charge on any atom is 0.416 e. The van der Waals surface area contributed by atoms with Crippen LogP contribution in [-0.2, 0) is 12.4 Å². The fourth-order valence-electron chi connectivity index (χ4n) is 1.32. The normalized spacial score (nSPS) is 12.2. The largest absolute Gasteiger partial charge is 0.416 e. The molecule has 0 radical (unpaired) electrons. The van der Waals surface area contributed by atoms with Gasteiger partial charge in [0.2, 0.25) is 0 Å². The summed E-state index contributed by atoms with van der Waals surface area (Å²) in [6.07, 6.45) is -10.0. The lowest BCUT2D eigenvalue weighted by Crippen LogP contribution is -2.43. The average molecular weight is 301 g/mol. The van der Waals surface area contributed by atoms with Crippen LogP contribution < -0.4 is 16.2 Å². The molecule has 0 unspecified atom stereocenters. The SMILES string of the molecule is CNC(=O)N(N)c1cc(C(F)(F)F)cc(C(F)(F)F)c1. The Morgan fingerprint density at radius 3 is 1.75 bits per heavy atom. The van der Waals surface area contributed by atoms with E-state index in [1.807, 2.05) is 5.32 Å².